The number of hydrogen-bond donors (Lipinski definition) is 0. The molecule has 3 aliphatic heterocycles. The number of piperazine rings is 1. The van der Waals surface area contributed by atoms with Crippen molar-refractivity contribution in [3.05, 3.63) is 65.9 Å². The number of likely N-dealkylation sites (tertiary alicyclic amines) is 1. The van der Waals surface area contributed by atoms with Crippen molar-refractivity contribution in [1.82, 2.24) is 19.8 Å². The number of fused-ring (bicyclic) bond motifs is 2. The van der Waals surface area contributed by atoms with E-state index >= 15 is 0 Å². The lowest BCUT2D eigenvalue weighted by Crippen LogP contribution is -2.55. The number of rotatable bonds is 7. The summed E-state index contributed by atoms with van der Waals surface area (Å²) in [7, 11) is 2.07. The Bertz CT molecular complexity index is 1630. The van der Waals surface area contributed by atoms with Crippen molar-refractivity contribution in [2.45, 2.75) is 50.5 Å². The van der Waals surface area contributed by atoms with E-state index < -0.39 is 11.7 Å². The van der Waals surface area contributed by atoms with E-state index in [4.69, 9.17) is 14.7 Å². The molecule has 1 amide bonds. The van der Waals surface area contributed by atoms with Gasteiger partial charge in [-0.3, -0.25) is 4.79 Å². The van der Waals surface area contributed by atoms with E-state index in [1.54, 1.807) is 29.2 Å². The second kappa shape index (κ2) is 12.6. The first-order valence-corrected chi connectivity index (χ1v) is 15.3. The minimum Gasteiger partial charge on any atom is -0.462 e. The van der Waals surface area contributed by atoms with Crippen LogP contribution in [-0.4, -0.2) is 84.1 Å². The van der Waals surface area contributed by atoms with Gasteiger partial charge >= 0.3 is 12.2 Å². The topological polar surface area (TPSA) is 88.8 Å². The zero-order valence-corrected chi connectivity index (χ0v) is 25.3. The standard InChI is InChI=1S/C33H36F3N7O2/c1-3-29(44)43-18-17-42(19-23(43)12-14-37)31-25-13-16-41(20-27(25)38-32(39-31)45-21-24-9-6-15-40(24)2)28-11-5-8-22-7-4-10-26(30(22)28)33(34,35)36/h3-5,7-8,10-11,23-24H,1,6,9,12-13,15-21H2,2H3. The molecule has 2 unspecified atom stereocenters. The molecule has 1 aromatic heterocycles. The summed E-state index contributed by atoms with van der Waals surface area (Å²) in [6.07, 6.45) is -0.450. The third-order valence-electron chi connectivity index (χ3n) is 9.19. The molecule has 2 saturated heterocycles. The number of aromatic nitrogens is 2. The summed E-state index contributed by atoms with van der Waals surface area (Å²) >= 11 is 0. The highest BCUT2D eigenvalue weighted by atomic mass is 19.4. The van der Waals surface area contributed by atoms with Gasteiger partial charge in [-0.25, -0.2) is 0 Å². The van der Waals surface area contributed by atoms with E-state index in [1.165, 1.54) is 12.1 Å². The van der Waals surface area contributed by atoms with Crippen molar-refractivity contribution in [2.75, 3.05) is 56.2 Å². The fourth-order valence-corrected chi connectivity index (χ4v) is 6.84. The number of anilines is 2. The van der Waals surface area contributed by atoms with Gasteiger partial charge in [0.25, 0.3) is 0 Å². The molecule has 45 heavy (non-hydrogen) atoms. The van der Waals surface area contributed by atoms with Crippen LogP contribution >= 0.6 is 0 Å². The SMILES string of the molecule is C=CC(=O)N1CCN(c2nc(OCC3CCCN3C)nc3c2CCN(c2cccc4cccc(C(F)(F)F)c24)C3)CC1CC#N. The van der Waals surface area contributed by atoms with Gasteiger partial charge in [0.1, 0.15) is 12.4 Å². The maximum atomic E-state index is 14.1. The molecule has 0 radical (unpaired) electrons. The smallest absolute Gasteiger partial charge is 0.417 e. The van der Waals surface area contributed by atoms with Crippen LogP contribution in [0.5, 0.6) is 6.01 Å². The third-order valence-corrected chi connectivity index (χ3v) is 9.19. The molecule has 4 heterocycles. The number of nitrogens with zero attached hydrogens (tertiary/aromatic N) is 7. The molecule has 3 aromatic rings. The second-order valence-electron chi connectivity index (χ2n) is 11.9. The highest BCUT2D eigenvalue weighted by Crippen LogP contribution is 2.41. The summed E-state index contributed by atoms with van der Waals surface area (Å²) < 4.78 is 48.6. The highest BCUT2D eigenvalue weighted by Gasteiger charge is 2.36. The molecule has 0 bridgehead atoms. The van der Waals surface area contributed by atoms with Gasteiger partial charge in [0, 0.05) is 48.9 Å². The van der Waals surface area contributed by atoms with Crippen LogP contribution in [0.4, 0.5) is 24.7 Å². The number of alkyl halides is 3. The maximum absolute atomic E-state index is 14.1. The molecular formula is C33H36F3N7O2. The van der Waals surface area contributed by atoms with Crippen LogP contribution in [0, 0.1) is 11.3 Å². The lowest BCUT2D eigenvalue weighted by molar-refractivity contribution is -0.136. The number of nitriles is 1. The molecule has 2 atom stereocenters. The van der Waals surface area contributed by atoms with Crippen molar-refractivity contribution in [3.8, 4) is 12.1 Å². The number of amides is 1. The van der Waals surface area contributed by atoms with E-state index in [9.17, 15) is 23.2 Å². The maximum Gasteiger partial charge on any atom is 0.417 e. The van der Waals surface area contributed by atoms with E-state index in [1.807, 2.05) is 4.90 Å². The van der Waals surface area contributed by atoms with Gasteiger partial charge in [-0.1, -0.05) is 30.8 Å². The van der Waals surface area contributed by atoms with Crippen LogP contribution in [0.25, 0.3) is 10.8 Å². The number of carbonyl (C=O) groups is 1. The van der Waals surface area contributed by atoms with Crippen LogP contribution in [-0.2, 0) is 23.9 Å². The van der Waals surface area contributed by atoms with Gasteiger partial charge in [0.2, 0.25) is 5.91 Å². The fourth-order valence-electron chi connectivity index (χ4n) is 6.84. The van der Waals surface area contributed by atoms with Crippen molar-refractivity contribution >= 4 is 28.2 Å². The van der Waals surface area contributed by atoms with Gasteiger partial charge in [0.05, 0.1) is 36.3 Å². The van der Waals surface area contributed by atoms with E-state index in [0.717, 1.165) is 31.0 Å². The molecule has 0 N–H and O–H groups in total. The molecule has 0 spiro atoms. The first-order valence-electron chi connectivity index (χ1n) is 15.3. The first kappa shape index (κ1) is 30.6. The van der Waals surface area contributed by atoms with Gasteiger partial charge in [-0.15, -0.1) is 0 Å². The summed E-state index contributed by atoms with van der Waals surface area (Å²) in [5.41, 5.74) is 1.45. The summed E-state index contributed by atoms with van der Waals surface area (Å²) in [6, 6.07) is 11.8. The Hall–Kier alpha value is -4.37. The predicted octanol–water partition coefficient (Wildman–Crippen LogP) is 4.80. The molecule has 3 aliphatic rings. The Labute approximate surface area is 260 Å². The Morgan fingerprint density at radius 1 is 1.11 bits per heavy atom. The zero-order chi connectivity index (χ0) is 31.7. The Kier molecular flexibility index (Phi) is 8.55. The van der Waals surface area contributed by atoms with Gasteiger partial charge in [-0.2, -0.15) is 28.4 Å². The molecule has 0 aliphatic carbocycles. The zero-order valence-electron chi connectivity index (χ0n) is 25.3. The number of benzene rings is 2. The van der Waals surface area contributed by atoms with Crippen molar-refractivity contribution in [2.24, 2.45) is 0 Å². The Morgan fingerprint density at radius 3 is 2.62 bits per heavy atom. The second-order valence-corrected chi connectivity index (χ2v) is 11.9. The first-order chi connectivity index (χ1) is 21.7. The molecule has 6 rings (SSSR count). The molecule has 12 heteroatoms. The molecular weight excluding hydrogens is 583 g/mol. The van der Waals surface area contributed by atoms with Gasteiger partial charge in [0.15, 0.2) is 0 Å². The minimum absolute atomic E-state index is 0.164. The number of ether oxygens (including phenoxy) is 1. The minimum atomic E-state index is -4.50. The van der Waals surface area contributed by atoms with E-state index in [2.05, 4.69) is 29.5 Å². The Balaban J connectivity index is 1.36. The van der Waals surface area contributed by atoms with Gasteiger partial charge < -0.3 is 24.3 Å². The summed E-state index contributed by atoms with van der Waals surface area (Å²) in [4.78, 5) is 30.2. The van der Waals surface area contributed by atoms with Crippen LogP contribution < -0.4 is 14.5 Å². The fraction of sp³-hybridized carbons (Fsp3) is 0.455. The van der Waals surface area contributed by atoms with Crippen LogP contribution in [0.15, 0.2) is 49.1 Å². The van der Waals surface area contributed by atoms with Crippen LogP contribution in [0.2, 0.25) is 0 Å². The highest BCUT2D eigenvalue weighted by molar-refractivity contribution is 5.97. The lowest BCUT2D eigenvalue weighted by Gasteiger charge is -2.42. The van der Waals surface area contributed by atoms with E-state index in [0.29, 0.717) is 61.8 Å². The number of halogens is 3. The van der Waals surface area contributed by atoms with Crippen molar-refractivity contribution in [3.63, 3.8) is 0 Å². The largest absolute Gasteiger partial charge is 0.462 e. The van der Waals surface area contributed by atoms with Crippen molar-refractivity contribution < 1.29 is 22.7 Å². The molecule has 2 fully saturated rings. The average molecular weight is 620 g/mol. The number of hydrogen-bond acceptors (Lipinski definition) is 8. The van der Waals surface area contributed by atoms with Crippen LogP contribution in [0.1, 0.15) is 36.1 Å². The summed E-state index contributed by atoms with van der Waals surface area (Å²) in [5.74, 6) is 0.477. The molecule has 236 valence electrons. The van der Waals surface area contributed by atoms with Crippen molar-refractivity contribution in [1.29, 1.82) is 5.26 Å². The van der Waals surface area contributed by atoms with Crippen LogP contribution in [0.3, 0.4) is 0 Å². The average Bonchev–Trinajstić information content (AvgIpc) is 3.46. The predicted molar refractivity (Wildman–Crippen MR) is 165 cm³/mol. The summed E-state index contributed by atoms with van der Waals surface area (Å²) in [6.45, 7) is 7.10. The third kappa shape index (κ3) is 6.14. The molecule has 2 aromatic carbocycles. The molecule has 9 nitrogen and oxygen atoms in total. The number of likely N-dealkylation sites (N-methyl/N-ethyl adjacent to an activating group) is 1. The number of carbonyl (C=O) groups excluding carboxylic acids is 1. The summed E-state index contributed by atoms with van der Waals surface area (Å²) in [5, 5.41) is 10.2. The van der Waals surface area contributed by atoms with Gasteiger partial charge in [-0.05, 0) is 56.4 Å². The lowest BCUT2D eigenvalue weighted by atomic mass is 9.98. The quantitative estimate of drug-likeness (QED) is 0.349. The normalized spacial score (nSPS) is 20.6. The Morgan fingerprint density at radius 2 is 1.91 bits per heavy atom. The molecule has 0 saturated carbocycles. The monoisotopic (exact) mass is 619 g/mol. The van der Waals surface area contributed by atoms with E-state index in [-0.39, 0.29) is 42.4 Å².